The molecule has 0 aliphatic carbocycles. The van der Waals surface area contributed by atoms with Gasteiger partial charge in [0, 0.05) is 18.7 Å². The zero-order valence-corrected chi connectivity index (χ0v) is 11.6. The minimum atomic E-state index is 0.207. The van der Waals surface area contributed by atoms with Crippen molar-refractivity contribution in [2.24, 2.45) is 0 Å². The largest absolute Gasteiger partial charge is 0.493 e. The number of carbonyl (C=O) groups excluding carboxylic acids is 1. The van der Waals surface area contributed by atoms with Crippen LogP contribution in [-0.4, -0.2) is 44.0 Å². The number of hydrogen-bond donors (Lipinski definition) is 0. The number of aldehydes is 1. The number of benzene rings is 1. The first-order valence-corrected chi connectivity index (χ1v) is 6.79. The van der Waals surface area contributed by atoms with Crippen molar-refractivity contribution in [2.75, 3.05) is 26.7 Å². The number of methoxy groups -OCH3 is 1. The second kappa shape index (κ2) is 6.57. The third kappa shape index (κ3) is 3.47. The molecule has 1 aliphatic rings. The van der Waals surface area contributed by atoms with E-state index in [2.05, 4.69) is 11.8 Å². The second-order valence-corrected chi connectivity index (χ2v) is 4.78. The Kier molecular flexibility index (Phi) is 4.80. The lowest BCUT2D eigenvalue weighted by molar-refractivity contribution is 0.100. The van der Waals surface area contributed by atoms with Crippen molar-refractivity contribution in [3.8, 4) is 11.5 Å². The van der Waals surface area contributed by atoms with Crippen molar-refractivity contribution in [1.82, 2.24) is 4.90 Å². The normalized spacial score (nSPS) is 17.2. The van der Waals surface area contributed by atoms with Crippen LogP contribution in [0.3, 0.4) is 0 Å². The van der Waals surface area contributed by atoms with E-state index in [1.807, 2.05) is 0 Å². The van der Waals surface area contributed by atoms with Crippen LogP contribution >= 0.6 is 0 Å². The van der Waals surface area contributed by atoms with Crippen LogP contribution in [0.15, 0.2) is 18.2 Å². The Labute approximate surface area is 114 Å². The average molecular weight is 263 g/mol. The highest BCUT2D eigenvalue weighted by molar-refractivity contribution is 5.76. The van der Waals surface area contributed by atoms with E-state index in [1.165, 1.54) is 0 Å². The first kappa shape index (κ1) is 13.9. The summed E-state index contributed by atoms with van der Waals surface area (Å²) in [6.07, 6.45) is 3.06. The topological polar surface area (TPSA) is 38.8 Å². The highest BCUT2D eigenvalue weighted by Crippen LogP contribution is 2.30. The summed E-state index contributed by atoms with van der Waals surface area (Å²) in [6, 6.07) is 5.26. The van der Waals surface area contributed by atoms with Gasteiger partial charge in [-0.3, -0.25) is 4.79 Å². The van der Waals surface area contributed by atoms with Gasteiger partial charge >= 0.3 is 0 Å². The van der Waals surface area contributed by atoms with Crippen molar-refractivity contribution in [3.63, 3.8) is 0 Å². The Bertz CT molecular complexity index is 425. The van der Waals surface area contributed by atoms with Crippen LogP contribution in [0, 0.1) is 0 Å². The van der Waals surface area contributed by atoms with E-state index in [9.17, 15) is 4.79 Å². The van der Waals surface area contributed by atoms with Crippen molar-refractivity contribution < 1.29 is 14.3 Å². The number of piperidine rings is 1. The molecule has 0 saturated carbocycles. The van der Waals surface area contributed by atoms with E-state index in [0.29, 0.717) is 17.1 Å². The Morgan fingerprint density at radius 1 is 1.32 bits per heavy atom. The van der Waals surface area contributed by atoms with Gasteiger partial charge in [-0.1, -0.05) is 6.92 Å². The first-order valence-electron chi connectivity index (χ1n) is 6.79. The molecule has 4 heteroatoms. The number of nitrogens with zero attached hydrogens (tertiary/aromatic N) is 1. The molecule has 0 amide bonds. The molecule has 1 saturated heterocycles. The van der Waals surface area contributed by atoms with Crippen molar-refractivity contribution >= 4 is 6.29 Å². The quantitative estimate of drug-likeness (QED) is 0.765. The average Bonchev–Trinajstić information content (AvgIpc) is 2.48. The van der Waals surface area contributed by atoms with Crippen LogP contribution in [0.1, 0.15) is 30.1 Å². The van der Waals surface area contributed by atoms with E-state index >= 15 is 0 Å². The first-order chi connectivity index (χ1) is 9.26. The fourth-order valence-corrected chi connectivity index (χ4v) is 2.38. The molecule has 0 aromatic heterocycles. The van der Waals surface area contributed by atoms with Gasteiger partial charge in [0.05, 0.1) is 7.11 Å². The molecule has 1 heterocycles. The summed E-state index contributed by atoms with van der Waals surface area (Å²) < 4.78 is 11.3. The molecule has 0 bridgehead atoms. The van der Waals surface area contributed by atoms with E-state index in [1.54, 1.807) is 25.3 Å². The molecule has 1 aliphatic heterocycles. The summed E-state index contributed by atoms with van der Waals surface area (Å²) in [6.45, 7) is 5.40. The molecular weight excluding hydrogens is 242 g/mol. The smallest absolute Gasteiger partial charge is 0.162 e. The predicted octanol–water partition coefficient (Wildman–Crippen LogP) is 2.37. The minimum absolute atomic E-state index is 0.207. The maximum Gasteiger partial charge on any atom is 0.162 e. The van der Waals surface area contributed by atoms with Crippen LogP contribution in [0.2, 0.25) is 0 Å². The Hall–Kier alpha value is -1.55. The second-order valence-electron chi connectivity index (χ2n) is 4.78. The lowest BCUT2D eigenvalue weighted by Gasteiger charge is -2.31. The number of hydrogen-bond acceptors (Lipinski definition) is 4. The molecule has 0 N–H and O–H groups in total. The fraction of sp³-hybridized carbons (Fsp3) is 0.533. The van der Waals surface area contributed by atoms with Crippen LogP contribution in [0.5, 0.6) is 11.5 Å². The summed E-state index contributed by atoms with van der Waals surface area (Å²) in [7, 11) is 1.61. The summed E-state index contributed by atoms with van der Waals surface area (Å²) in [5, 5.41) is 0. The predicted molar refractivity (Wildman–Crippen MR) is 74.1 cm³/mol. The lowest BCUT2D eigenvalue weighted by Crippen LogP contribution is -2.38. The standard InChI is InChI=1S/C15H21NO3/c1-3-16-8-6-13(7-9-16)19-15-10-12(11-17)4-5-14(15)18-2/h4-5,10-11,13H,3,6-9H2,1-2H3. The minimum Gasteiger partial charge on any atom is -0.493 e. The lowest BCUT2D eigenvalue weighted by atomic mass is 10.1. The summed E-state index contributed by atoms with van der Waals surface area (Å²) in [5.74, 6) is 1.35. The molecule has 2 rings (SSSR count). The van der Waals surface area contributed by atoms with Gasteiger partial charge in [-0.15, -0.1) is 0 Å². The third-order valence-electron chi connectivity index (χ3n) is 3.60. The molecule has 4 nitrogen and oxygen atoms in total. The Morgan fingerprint density at radius 2 is 2.05 bits per heavy atom. The van der Waals surface area contributed by atoms with Crippen LogP contribution < -0.4 is 9.47 Å². The Balaban J connectivity index is 2.04. The van der Waals surface area contributed by atoms with E-state index < -0.39 is 0 Å². The van der Waals surface area contributed by atoms with Gasteiger partial charge in [-0.25, -0.2) is 0 Å². The molecule has 0 radical (unpaired) electrons. The van der Waals surface area contributed by atoms with Crippen molar-refractivity contribution in [1.29, 1.82) is 0 Å². The molecule has 19 heavy (non-hydrogen) atoms. The highest BCUT2D eigenvalue weighted by Gasteiger charge is 2.20. The van der Waals surface area contributed by atoms with Gasteiger partial charge in [0.1, 0.15) is 12.4 Å². The zero-order chi connectivity index (χ0) is 13.7. The van der Waals surface area contributed by atoms with Crippen molar-refractivity contribution in [3.05, 3.63) is 23.8 Å². The van der Waals surface area contributed by atoms with E-state index in [-0.39, 0.29) is 6.10 Å². The highest BCUT2D eigenvalue weighted by atomic mass is 16.5. The van der Waals surface area contributed by atoms with Crippen molar-refractivity contribution in [2.45, 2.75) is 25.9 Å². The Morgan fingerprint density at radius 3 is 2.63 bits per heavy atom. The van der Waals surface area contributed by atoms with Gasteiger partial charge in [-0.05, 0) is 37.6 Å². The van der Waals surface area contributed by atoms with Crippen LogP contribution in [0.25, 0.3) is 0 Å². The molecule has 0 atom stereocenters. The van der Waals surface area contributed by atoms with Gasteiger partial charge in [-0.2, -0.15) is 0 Å². The molecular formula is C15H21NO3. The van der Waals surface area contributed by atoms with Gasteiger partial charge < -0.3 is 14.4 Å². The van der Waals surface area contributed by atoms with E-state index in [0.717, 1.165) is 38.8 Å². The molecule has 0 spiro atoms. The van der Waals surface area contributed by atoms with Crippen LogP contribution in [-0.2, 0) is 0 Å². The zero-order valence-electron chi connectivity index (χ0n) is 11.6. The van der Waals surface area contributed by atoms with Gasteiger partial charge in [0.15, 0.2) is 11.5 Å². The maximum absolute atomic E-state index is 10.8. The molecule has 1 fully saturated rings. The number of likely N-dealkylation sites (tertiary alicyclic amines) is 1. The SMILES string of the molecule is CCN1CCC(Oc2cc(C=O)ccc2OC)CC1. The number of ether oxygens (including phenoxy) is 2. The molecule has 1 aromatic rings. The fourth-order valence-electron chi connectivity index (χ4n) is 2.38. The number of carbonyl (C=O) groups is 1. The summed E-state index contributed by atoms with van der Waals surface area (Å²) in [5.41, 5.74) is 0.613. The molecule has 1 aromatic carbocycles. The third-order valence-corrected chi connectivity index (χ3v) is 3.60. The molecule has 0 unspecified atom stereocenters. The van der Waals surface area contributed by atoms with Crippen LogP contribution in [0.4, 0.5) is 0 Å². The number of rotatable bonds is 5. The monoisotopic (exact) mass is 263 g/mol. The summed E-state index contributed by atoms with van der Waals surface area (Å²) in [4.78, 5) is 13.2. The van der Waals surface area contributed by atoms with E-state index in [4.69, 9.17) is 9.47 Å². The summed E-state index contributed by atoms with van der Waals surface area (Å²) >= 11 is 0. The molecule has 104 valence electrons. The van der Waals surface area contributed by atoms with Gasteiger partial charge in [0.25, 0.3) is 0 Å². The van der Waals surface area contributed by atoms with Gasteiger partial charge in [0.2, 0.25) is 0 Å². The maximum atomic E-state index is 10.8.